The summed E-state index contributed by atoms with van der Waals surface area (Å²) in [7, 11) is 1.49. The molecule has 0 amide bonds. The molecule has 0 fully saturated rings. The van der Waals surface area contributed by atoms with E-state index in [1.165, 1.54) is 12.7 Å². The molecule has 2 rings (SSSR count). The molecule has 0 heterocycles. The van der Waals surface area contributed by atoms with Crippen molar-refractivity contribution in [2.75, 3.05) is 7.11 Å². The van der Waals surface area contributed by atoms with Crippen LogP contribution in [-0.4, -0.2) is 12.3 Å². The van der Waals surface area contributed by atoms with Crippen LogP contribution in [-0.2, 0) is 17.8 Å². The van der Waals surface area contributed by atoms with Crippen molar-refractivity contribution < 1.29 is 14.2 Å². The van der Waals surface area contributed by atoms with Crippen LogP contribution in [0.15, 0.2) is 36.4 Å². The van der Waals surface area contributed by atoms with Crippen molar-refractivity contribution in [3.05, 3.63) is 58.7 Å². The Morgan fingerprint density at radius 3 is 2.48 bits per heavy atom. The lowest BCUT2D eigenvalue weighted by Gasteiger charge is -2.15. The largest absolute Gasteiger partial charge is 0.488 e. The van der Waals surface area contributed by atoms with Crippen molar-refractivity contribution in [2.24, 2.45) is 0 Å². The molecule has 0 aliphatic rings. The molecule has 4 heteroatoms. The van der Waals surface area contributed by atoms with Gasteiger partial charge in [0, 0.05) is 17.8 Å². The highest BCUT2D eigenvalue weighted by Crippen LogP contribution is 2.26. The molecule has 2 aromatic rings. The van der Waals surface area contributed by atoms with Gasteiger partial charge in [0.2, 0.25) is 0 Å². The van der Waals surface area contributed by atoms with Crippen molar-refractivity contribution >= 4 is 17.5 Å². The monoisotopic (exact) mass is 330 g/mol. The first-order valence-electron chi connectivity index (χ1n) is 7.61. The summed E-state index contributed by atoms with van der Waals surface area (Å²) >= 11 is 4.98. The van der Waals surface area contributed by atoms with Crippen LogP contribution in [0, 0.1) is 13.8 Å². The fraction of sp³-hybridized carbons (Fsp3) is 0.316. The van der Waals surface area contributed by atoms with Gasteiger partial charge in [-0.1, -0.05) is 31.2 Å². The van der Waals surface area contributed by atoms with E-state index >= 15 is 0 Å². The van der Waals surface area contributed by atoms with E-state index in [0.29, 0.717) is 12.4 Å². The zero-order valence-corrected chi connectivity index (χ0v) is 14.8. The summed E-state index contributed by atoms with van der Waals surface area (Å²) in [6, 6.07) is 12.1. The molecule has 0 unspecified atom stereocenters. The van der Waals surface area contributed by atoms with Crippen LogP contribution in [0.4, 0.5) is 0 Å². The topological polar surface area (TPSA) is 27.7 Å². The number of benzene rings is 2. The van der Waals surface area contributed by atoms with Gasteiger partial charge in [-0.2, -0.15) is 0 Å². The molecule has 0 radical (unpaired) electrons. The molecule has 0 aliphatic heterocycles. The van der Waals surface area contributed by atoms with E-state index in [4.69, 9.17) is 26.4 Å². The van der Waals surface area contributed by atoms with Crippen LogP contribution in [0.3, 0.4) is 0 Å². The minimum atomic E-state index is 0.0975. The average Bonchev–Trinajstić information content (AvgIpc) is 2.55. The molecule has 23 heavy (non-hydrogen) atoms. The normalized spacial score (nSPS) is 10.3. The fourth-order valence-corrected chi connectivity index (χ4v) is 2.42. The van der Waals surface area contributed by atoms with E-state index in [2.05, 4.69) is 26.0 Å². The summed E-state index contributed by atoms with van der Waals surface area (Å²) in [5.41, 5.74) is 4.49. The first-order chi connectivity index (χ1) is 11.0. The maximum absolute atomic E-state index is 5.99. The predicted octanol–water partition coefficient (Wildman–Crippen LogP) is 4.75. The molecule has 2 aromatic carbocycles. The van der Waals surface area contributed by atoms with Crippen LogP contribution < -0.4 is 9.47 Å². The maximum Gasteiger partial charge on any atom is 0.357 e. The Morgan fingerprint density at radius 2 is 1.83 bits per heavy atom. The first kappa shape index (κ1) is 17.3. The Balaban J connectivity index is 2.18. The molecule has 0 saturated carbocycles. The number of aryl methyl sites for hydroxylation is 3. The lowest BCUT2D eigenvalue weighted by molar-refractivity contribution is 0.287. The van der Waals surface area contributed by atoms with Gasteiger partial charge in [-0.25, -0.2) is 0 Å². The molecule has 3 nitrogen and oxygen atoms in total. The van der Waals surface area contributed by atoms with Gasteiger partial charge in [0.05, 0.1) is 7.11 Å². The summed E-state index contributed by atoms with van der Waals surface area (Å²) < 4.78 is 16.5. The van der Waals surface area contributed by atoms with Crippen molar-refractivity contribution in [2.45, 2.75) is 33.8 Å². The number of thiocarbonyl (C=S) groups is 1. The molecule has 0 N–H and O–H groups in total. The van der Waals surface area contributed by atoms with Gasteiger partial charge in [0.25, 0.3) is 0 Å². The zero-order valence-electron chi connectivity index (χ0n) is 14.0. The van der Waals surface area contributed by atoms with Crippen LogP contribution in [0.1, 0.15) is 29.2 Å². The van der Waals surface area contributed by atoms with Crippen LogP contribution in [0.25, 0.3) is 0 Å². The van der Waals surface area contributed by atoms with E-state index in [9.17, 15) is 0 Å². The Labute approximate surface area is 143 Å². The van der Waals surface area contributed by atoms with Crippen molar-refractivity contribution in [1.82, 2.24) is 0 Å². The third kappa shape index (κ3) is 4.45. The summed E-state index contributed by atoms with van der Waals surface area (Å²) in [5, 5.41) is 0.0975. The molecule has 0 aliphatic carbocycles. The maximum atomic E-state index is 5.99. The number of hydrogen-bond donors (Lipinski definition) is 0. The molecule has 0 aromatic heterocycles. The second-order valence-corrected chi connectivity index (χ2v) is 5.68. The van der Waals surface area contributed by atoms with E-state index < -0.39 is 0 Å². The van der Waals surface area contributed by atoms with Crippen LogP contribution in [0.5, 0.6) is 11.5 Å². The molecule has 122 valence electrons. The van der Waals surface area contributed by atoms with Gasteiger partial charge >= 0.3 is 5.24 Å². The second kappa shape index (κ2) is 7.97. The summed E-state index contributed by atoms with van der Waals surface area (Å²) in [4.78, 5) is 0. The molecule has 0 atom stereocenters. The summed E-state index contributed by atoms with van der Waals surface area (Å²) in [6.07, 6.45) is 1.02. The molecule has 0 saturated heterocycles. The predicted molar refractivity (Wildman–Crippen MR) is 96.3 cm³/mol. The smallest absolute Gasteiger partial charge is 0.357 e. The molecule has 0 bridgehead atoms. The molecular formula is C19H22O3S. The van der Waals surface area contributed by atoms with Gasteiger partial charge in [0.1, 0.15) is 18.1 Å². The first-order valence-corrected chi connectivity index (χ1v) is 8.02. The van der Waals surface area contributed by atoms with Crippen LogP contribution >= 0.6 is 12.2 Å². The SMILES string of the molecule is CCc1ccc(OCc2c(C)cccc2OC(=S)OC)c(C)c1. The quantitative estimate of drug-likeness (QED) is 0.739. The molecular weight excluding hydrogens is 308 g/mol. The van der Waals surface area contributed by atoms with Crippen molar-refractivity contribution in [3.63, 3.8) is 0 Å². The minimum absolute atomic E-state index is 0.0975. The van der Waals surface area contributed by atoms with E-state index in [1.807, 2.05) is 31.2 Å². The standard InChI is InChI=1S/C19H22O3S/c1-5-15-9-10-17(14(3)11-15)21-12-16-13(2)7-6-8-18(16)22-19(23)20-4/h6-11H,5,12H2,1-4H3. The minimum Gasteiger partial charge on any atom is -0.488 e. The second-order valence-electron chi connectivity index (χ2n) is 5.35. The Morgan fingerprint density at radius 1 is 1.04 bits per heavy atom. The van der Waals surface area contributed by atoms with E-state index in [-0.39, 0.29) is 5.24 Å². The zero-order chi connectivity index (χ0) is 16.8. The van der Waals surface area contributed by atoms with Gasteiger partial charge in [-0.15, -0.1) is 0 Å². The van der Waals surface area contributed by atoms with Crippen molar-refractivity contribution in [1.29, 1.82) is 0 Å². The Kier molecular flexibility index (Phi) is 5.99. The third-order valence-corrected chi connectivity index (χ3v) is 4.00. The highest BCUT2D eigenvalue weighted by atomic mass is 32.1. The van der Waals surface area contributed by atoms with E-state index in [1.54, 1.807) is 0 Å². The number of rotatable bonds is 5. The van der Waals surface area contributed by atoms with Gasteiger partial charge in [-0.3, -0.25) is 0 Å². The Hall–Kier alpha value is -2.07. The number of hydrogen-bond acceptors (Lipinski definition) is 4. The lowest BCUT2D eigenvalue weighted by Crippen LogP contribution is -2.10. The van der Waals surface area contributed by atoms with Gasteiger partial charge < -0.3 is 14.2 Å². The third-order valence-electron chi connectivity index (χ3n) is 3.75. The number of ether oxygens (including phenoxy) is 3. The highest BCUT2D eigenvalue weighted by Gasteiger charge is 2.11. The van der Waals surface area contributed by atoms with Gasteiger partial charge in [-0.05, 0) is 49.1 Å². The van der Waals surface area contributed by atoms with Gasteiger partial charge in [0.15, 0.2) is 0 Å². The molecule has 0 spiro atoms. The van der Waals surface area contributed by atoms with Crippen LogP contribution in [0.2, 0.25) is 0 Å². The summed E-state index contributed by atoms with van der Waals surface area (Å²) in [6.45, 7) is 6.64. The van der Waals surface area contributed by atoms with E-state index in [0.717, 1.165) is 28.9 Å². The highest BCUT2D eigenvalue weighted by molar-refractivity contribution is 7.79. The lowest BCUT2D eigenvalue weighted by atomic mass is 10.1. The Bertz CT molecular complexity index is 695. The fourth-order valence-electron chi connectivity index (χ4n) is 2.33. The summed E-state index contributed by atoms with van der Waals surface area (Å²) in [5.74, 6) is 1.55. The van der Waals surface area contributed by atoms with Crippen molar-refractivity contribution in [3.8, 4) is 11.5 Å². The average molecular weight is 330 g/mol. The number of methoxy groups -OCH3 is 1.